The number of piperidine rings is 1. The van der Waals surface area contributed by atoms with Gasteiger partial charge in [0.25, 0.3) is 0 Å². The van der Waals surface area contributed by atoms with Gasteiger partial charge in [-0.05, 0) is 70.4 Å². The maximum atomic E-state index is 5.99. The minimum Gasteiger partial charge on any atom is -0.328 e. The zero-order chi connectivity index (χ0) is 11.5. The van der Waals surface area contributed by atoms with Crippen molar-refractivity contribution in [2.24, 2.45) is 17.6 Å². The van der Waals surface area contributed by atoms with Crippen LogP contribution in [0.15, 0.2) is 0 Å². The van der Waals surface area contributed by atoms with Gasteiger partial charge in [-0.3, -0.25) is 0 Å². The molecule has 0 aromatic heterocycles. The Morgan fingerprint density at radius 1 is 1.00 bits per heavy atom. The SMILES string of the molecule is CC1CCC(N2CCC(C(C)N)CC2)CC1. The number of likely N-dealkylation sites (tertiary alicyclic amines) is 1. The van der Waals surface area contributed by atoms with Crippen molar-refractivity contribution in [3.8, 4) is 0 Å². The van der Waals surface area contributed by atoms with Gasteiger partial charge in [-0.1, -0.05) is 6.92 Å². The maximum Gasteiger partial charge on any atom is 0.00954 e. The molecular weight excluding hydrogens is 196 g/mol. The Hall–Kier alpha value is -0.0800. The summed E-state index contributed by atoms with van der Waals surface area (Å²) in [6.45, 7) is 7.16. The van der Waals surface area contributed by atoms with Crippen LogP contribution >= 0.6 is 0 Å². The van der Waals surface area contributed by atoms with E-state index in [4.69, 9.17) is 5.73 Å². The predicted molar refractivity (Wildman–Crippen MR) is 69.4 cm³/mol. The molecule has 2 heteroatoms. The first-order chi connectivity index (χ1) is 7.66. The van der Waals surface area contributed by atoms with E-state index in [1.807, 2.05) is 0 Å². The van der Waals surface area contributed by atoms with Gasteiger partial charge in [0.2, 0.25) is 0 Å². The molecule has 1 atom stereocenters. The Balaban J connectivity index is 1.76. The second-order valence-electron chi connectivity index (χ2n) is 6.15. The summed E-state index contributed by atoms with van der Waals surface area (Å²) in [7, 11) is 0. The monoisotopic (exact) mass is 224 g/mol. The van der Waals surface area contributed by atoms with E-state index in [1.165, 1.54) is 51.6 Å². The van der Waals surface area contributed by atoms with E-state index in [0.717, 1.165) is 17.9 Å². The van der Waals surface area contributed by atoms with Crippen LogP contribution in [0.5, 0.6) is 0 Å². The van der Waals surface area contributed by atoms with Crippen molar-refractivity contribution < 1.29 is 0 Å². The molecule has 1 aliphatic carbocycles. The van der Waals surface area contributed by atoms with Gasteiger partial charge in [-0.15, -0.1) is 0 Å². The molecule has 2 N–H and O–H groups in total. The molecule has 1 unspecified atom stereocenters. The summed E-state index contributed by atoms with van der Waals surface area (Å²) >= 11 is 0. The molecular formula is C14H28N2. The van der Waals surface area contributed by atoms with Crippen molar-refractivity contribution in [2.75, 3.05) is 13.1 Å². The van der Waals surface area contributed by atoms with Crippen LogP contribution in [0.25, 0.3) is 0 Å². The molecule has 0 amide bonds. The molecule has 2 rings (SSSR count). The van der Waals surface area contributed by atoms with Crippen LogP contribution in [-0.2, 0) is 0 Å². The van der Waals surface area contributed by atoms with Crippen molar-refractivity contribution in [3.63, 3.8) is 0 Å². The average Bonchev–Trinajstić information content (AvgIpc) is 2.30. The fourth-order valence-electron chi connectivity index (χ4n) is 3.42. The number of hydrogen-bond acceptors (Lipinski definition) is 2. The molecule has 1 saturated carbocycles. The van der Waals surface area contributed by atoms with Crippen LogP contribution in [0.4, 0.5) is 0 Å². The fraction of sp³-hybridized carbons (Fsp3) is 1.00. The van der Waals surface area contributed by atoms with Crippen LogP contribution < -0.4 is 5.73 Å². The third-order valence-electron chi connectivity index (χ3n) is 4.82. The molecule has 0 bridgehead atoms. The first kappa shape index (κ1) is 12.4. The zero-order valence-electron chi connectivity index (χ0n) is 11.0. The smallest absolute Gasteiger partial charge is 0.00954 e. The van der Waals surface area contributed by atoms with Crippen LogP contribution in [0.2, 0.25) is 0 Å². The van der Waals surface area contributed by atoms with E-state index < -0.39 is 0 Å². The highest BCUT2D eigenvalue weighted by atomic mass is 15.2. The molecule has 1 heterocycles. The van der Waals surface area contributed by atoms with E-state index in [0.29, 0.717) is 6.04 Å². The van der Waals surface area contributed by atoms with Crippen molar-refractivity contribution >= 4 is 0 Å². The summed E-state index contributed by atoms with van der Waals surface area (Å²) in [5.74, 6) is 1.75. The molecule has 2 aliphatic rings. The largest absolute Gasteiger partial charge is 0.328 e. The Morgan fingerprint density at radius 3 is 2.06 bits per heavy atom. The van der Waals surface area contributed by atoms with Crippen molar-refractivity contribution in [3.05, 3.63) is 0 Å². The third-order valence-corrected chi connectivity index (χ3v) is 4.82. The molecule has 0 spiro atoms. The predicted octanol–water partition coefficient (Wildman–Crippen LogP) is 2.62. The molecule has 1 aliphatic heterocycles. The van der Waals surface area contributed by atoms with Gasteiger partial charge < -0.3 is 10.6 Å². The van der Waals surface area contributed by atoms with Crippen LogP contribution in [0.3, 0.4) is 0 Å². The topological polar surface area (TPSA) is 29.3 Å². The Morgan fingerprint density at radius 2 is 1.56 bits per heavy atom. The fourth-order valence-corrected chi connectivity index (χ4v) is 3.42. The third kappa shape index (κ3) is 2.98. The number of nitrogens with zero attached hydrogens (tertiary/aromatic N) is 1. The summed E-state index contributed by atoms with van der Waals surface area (Å²) < 4.78 is 0. The first-order valence-electron chi connectivity index (χ1n) is 7.16. The van der Waals surface area contributed by atoms with Crippen molar-refractivity contribution in [1.29, 1.82) is 0 Å². The van der Waals surface area contributed by atoms with E-state index in [1.54, 1.807) is 0 Å². The van der Waals surface area contributed by atoms with Gasteiger partial charge in [-0.25, -0.2) is 0 Å². The van der Waals surface area contributed by atoms with E-state index in [-0.39, 0.29) is 0 Å². The molecule has 16 heavy (non-hydrogen) atoms. The van der Waals surface area contributed by atoms with Gasteiger partial charge in [-0.2, -0.15) is 0 Å². The second kappa shape index (κ2) is 5.50. The first-order valence-corrected chi connectivity index (χ1v) is 7.16. The molecule has 2 nitrogen and oxygen atoms in total. The van der Waals surface area contributed by atoms with Crippen LogP contribution in [-0.4, -0.2) is 30.1 Å². The van der Waals surface area contributed by atoms with Crippen molar-refractivity contribution in [2.45, 2.75) is 64.5 Å². The number of nitrogens with two attached hydrogens (primary N) is 1. The Bertz CT molecular complexity index is 199. The quantitative estimate of drug-likeness (QED) is 0.781. The Labute approximate surface area is 101 Å². The minimum absolute atomic E-state index is 0.397. The lowest BCUT2D eigenvalue weighted by atomic mass is 9.84. The summed E-state index contributed by atoms with van der Waals surface area (Å²) in [5.41, 5.74) is 5.99. The average molecular weight is 224 g/mol. The van der Waals surface area contributed by atoms with Gasteiger partial charge in [0.15, 0.2) is 0 Å². The number of rotatable bonds is 2. The molecule has 0 aromatic carbocycles. The van der Waals surface area contributed by atoms with Gasteiger partial charge in [0.05, 0.1) is 0 Å². The molecule has 94 valence electrons. The highest BCUT2D eigenvalue weighted by Crippen LogP contribution is 2.30. The lowest BCUT2D eigenvalue weighted by Gasteiger charge is -2.41. The van der Waals surface area contributed by atoms with Crippen LogP contribution in [0, 0.1) is 11.8 Å². The van der Waals surface area contributed by atoms with Crippen molar-refractivity contribution in [1.82, 2.24) is 4.90 Å². The van der Waals surface area contributed by atoms with Gasteiger partial charge in [0, 0.05) is 12.1 Å². The second-order valence-corrected chi connectivity index (χ2v) is 6.15. The molecule has 2 fully saturated rings. The van der Waals surface area contributed by atoms with Gasteiger partial charge in [0.1, 0.15) is 0 Å². The summed E-state index contributed by atoms with van der Waals surface area (Å²) in [6, 6.07) is 1.29. The van der Waals surface area contributed by atoms with E-state index >= 15 is 0 Å². The summed E-state index contributed by atoms with van der Waals surface area (Å²) in [5, 5.41) is 0. The molecule has 0 aromatic rings. The molecule has 1 saturated heterocycles. The van der Waals surface area contributed by atoms with Gasteiger partial charge >= 0.3 is 0 Å². The highest BCUT2D eigenvalue weighted by Gasteiger charge is 2.28. The molecule has 0 radical (unpaired) electrons. The zero-order valence-corrected chi connectivity index (χ0v) is 11.0. The lowest BCUT2D eigenvalue weighted by Crippen LogP contribution is -2.45. The summed E-state index contributed by atoms with van der Waals surface area (Å²) in [6.07, 6.45) is 8.40. The standard InChI is InChI=1S/C14H28N2/c1-11-3-5-14(6-4-11)16-9-7-13(8-10-16)12(2)15/h11-14H,3-10,15H2,1-2H3. The van der Waals surface area contributed by atoms with E-state index in [2.05, 4.69) is 18.7 Å². The summed E-state index contributed by atoms with van der Waals surface area (Å²) in [4.78, 5) is 2.74. The normalized spacial score (nSPS) is 36.2. The van der Waals surface area contributed by atoms with E-state index in [9.17, 15) is 0 Å². The van der Waals surface area contributed by atoms with Crippen LogP contribution in [0.1, 0.15) is 52.4 Å². The minimum atomic E-state index is 0.397. The highest BCUT2D eigenvalue weighted by molar-refractivity contribution is 4.84. The Kier molecular flexibility index (Phi) is 4.26. The lowest BCUT2D eigenvalue weighted by molar-refractivity contribution is 0.0917. The number of hydrogen-bond donors (Lipinski definition) is 1. The maximum absolute atomic E-state index is 5.99.